The van der Waals surface area contributed by atoms with Crippen molar-refractivity contribution >= 4 is 15.9 Å². The van der Waals surface area contributed by atoms with Crippen molar-refractivity contribution in [3.63, 3.8) is 0 Å². The second-order valence-electron chi connectivity index (χ2n) is 2.37. The van der Waals surface area contributed by atoms with Gasteiger partial charge >= 0.3 is 0 Å². The zero-order valence-electron chi connectivity index (χ0n) is 6.50. The summed E-state index contributed by atoms with van der Waals surface area (Å²) in [6.07, 6.45) is 5.57. The van der Waals surface area contributed by atoms with E-state index in [-0.39, 0.29) is 0 Å². The molecule has 1 aromatic heterocycles. The van der Waals surface area contributed by atoms with Gasteiger partial charge in [0.15, 0.2) is 0 Å². The van der Waals surface area contributed by atoms with E-state index in [1.54, 1.807) is 12.4 Å². The predicted octanol–water partition coefficient (Wildman–Crippen LogP) is 2.19. The van der Waals surface area contributed by atoms with Crippen molar-refractivity contribution in [3.05, 3.63) is 24.3 Å². The van der Waals surface area contributed by atoms with Gasteiger partial charge in [-0.15, -0.1) is 0 Å². The van der Waals surface area contributed by atoms with Gasteiger partial charge in [-0.2, -0.15) is 0 Å². The zero-order valence-corrected chi connectivity index (χ0v) is 8.08. The average Bonchev–Trinajstić information content (AvgIpc) is 2.06. The Morgan fingerprint density at radius 3 is 2.64 bits per heavy atom. The van der Waals surface area contributed by atoms with Gasteiger partial charge in [-0.3, -0.25) is 0 Å². The molecule has 60 valence electrons. The number of hydrogen-bond donors (Lipinski definition) is 0. The van der Waals surface area contributed by atoms with Crippen LogP contribution >= 0.6 is 15.9 Å². The monoisotopic (exact) mass is 214 g/mol. The third-order valence-corrected chi connectivity index (χ3v) is 2.44. The average molecular weight is 215 g/mol. The van der Waals surface area contributed by atoms with Crippen LogP contribution in [0.2, 0.25) is 0 Å². The summed E-state index contributed by atoms with van der Waals surface area (Å²) < 4.78 is 0. The Hall–Kier alpha value is -0.440. The summed E-state index contributed by atoms with van der Waals surface area (Å²) in [5.74, 6) is 0.913. The fourth-order valence-electron chi connectivity index (χ4n) is 0.778. The standard InChI is InChI=1S/C8H11BrN2/c1-2-7(9)6-8-10-4-3-5-11-8/h3-5,7H,2,6H2,1H3. The largest absolute Gasteiger partial charge is 0.241 e. The van der Waals surface area contributed by atoms with Crippen molar-refractivity contribution in [2.24, 2.45) is 0 Å². The molecule has 1 aromatic rings. The lowest BCUT2D eigenvalue weighted by atomic mass is 10.2. The summed E-state index contributed by atoms with van der Waals surface area (Å²) in [6, 6.07) is 1.83. The molecule has 0 bridgehead atoms. The van der Waals surface area contributed by atoms with E-state index in [2.05, 4.69) is 32.8 Å². The van der Waals surface area contributed by atoms with Crippen molar-refractivity contribution in [2.75, 3.05) is 0 Å². The number of alkyl halides is 1. The molecule has 0 fully saturated rings. The normalized spacial score (nSPS) is 12.9. The third-order valence-electron chi connectivity index (χ3n) is 1.47. The number of halogens is 1. The van der Waals surface area contributed by atoms with Crippen LogP contribution in [0, 0.1) is 0 Å². The lowest BCUT2D eigenvalue weighted by molar-refractivity contribution is 0.781. The summed E-state index contributed by atoms with van der Waals surface area (Å²) >= 11 is 3.53. The zero-order chi connectivity index (χ0) is 8.10. The van der Waals surface area contributed by atoms with Crippen molar-refractivity contribution in [3.8, 4) is 0 Å². The molecule has 0 amide bonds. The Bertz CT molecular complexity index is 201. The highest BCUT2D eigenvalue weighted by Crippen LogP contribution is 2.08. The van der Waals surface area contributed by atoms with Gasteiger partial charge < -0.3 is 0 Å². The van der Waals surface area contributed by atoms with Crippen LogP contribution in [0.5, 0.6) is 0 Å². The molecule has 11 heavy (non-hydrogen) atoms. The fourth-order valence-corrected chi connectivity index (χ4v) is 1.07. The molecule has 0 saturated carbocycles. The molecule has 0 radical (unpaired) electrons. The SMILES string of the molecule is CCC(Br)Cc1ncccn1. The lowest BCUT2D eigenvalue weighted by Gasteiger charge is -2.03. The van der Waals surface area contributed by atoms with E-state index < -0.39 is 0 Å². The second-order valence-corrected chi connectivity index (χ2v) is 3.67. The van der Waals surface area contributed by atoms with E-state index in [0.29, 0.717) is 4.83 Å². The molecule has 0 aliphatic carbocycles. The van der Waals surface area contributed by atoms with E-state index in [9.17, 15) is 0 Å². The van der Waals surface area contributed by atoms with Crippen LogP contribution in [0.25, 0.3) is 0 Å². The number of hydrogen-bond acceptors (Lipinski definition) is 2. The van der Waals surface area contributed by atoms with Crippen LogP contribution in [0.1, 0.15) is 19.2 Å². The van der Waals surface area contributed by atoms with Gasteiger partial charge in [0.05, 0.1) is 0 Å². The molecular formula is C8H11BrN2. The van der Waals surface area contributed by atoms with Gasteiger partial charge in [0.25, 0.3) is 0 Å². The van der Waals surface area contributed by atoms with Crippen molar-refractivity contribution in [2.45, 2.75) is 24.6 Å². The molecule has 1 atom stereocenters. The van der Waals surface area contributed by atoms with E-state index in [1.165, 1.54) is 0 Å². The van der Waals surface area contributed by atoms with Crippen LogP contribution in [0.4, 0.5) is 0 Å². The van der Waals surface area contributed by atoms with Crippen LogP contribution in [0.15, 0.2) is 18.5 Å². The van der Waals surface area contributed by atoms with Crippen LogP contribution in [-0.4, -0.2) is 14.8 Å². The molecule has 0 aliphatic heterocycles. The molecule has 0 N–H and O–H groups in total. The van der Waals surface area contributed by atoms with E-state index in [1.807, 2.05) is 6.07 Å². The molecule has 1 unspecified atom stereocenters. The smallest absolute Gasteiger partial charge is 0.129 e. The number of nitrogens with zero attached hydrogens (tertiary/aromatic N) is 2. The molecular weight excluding hydrogens is 204 g/mol. The van der Waals surface area contributed by atoms with Crippen molar-refractivity contribution in [1.29, 1.82) is 0 Å². The summed E-state index contributed by atoms with van der Waals surface area (Å²) in [5.41, 5.74) is 0. The molecule has 0 spiro atoms. The Kier molecular flexibility index (Phi) is 3.49. The highest BCUT2D eigenvalue weighted by Gasteiger charge is 2.03. The first-order valence-corrected chi connectivity index (χ1v) is 4.64. The summed E-state index contributed by atoms with van der Waals surface area (Å²) in [7, 11) is 0. The number of aromatic nitrogens is 2. The van der Waals surface area contributed by atoms with Crippen LogP contribution < -0.4 is 0 Å². The van der Waals surface area contributed by atoms with Gasteiger partial charge in [-0.1, -0.05) is 22.9 Å². The second kappa shape index (κ2) is 4.44. The molecule has 3 heteroatoms. The maximum Gasteiger partial charge on any atom is 0.129 e. The first-order valence-electron chi connectivity index (χ1n) is 3.73. The third kappa shape index (κ3) is 2.97. The van der Waals surface area contributed by atoms with Gasteiger partial charge in [-0.05, 0) is 12.5 Å². The molecule has 0 aromatic carbocycles. The summed E-state index contributed by atoms with van der Waals surface area (Å²) in [5, 5.41) is 0. The van der Waals surface area contributed by atoms with Crippen LogP contribution in [-0.2, 0) is 6.42 Å². The first-order chi connectivity index (χ1) is 5.33. The summed E-state index contributed by atoms with van der Waals surface area (Å²) in [6.45, 7) is 2.14. The first kappa shape index (κ1) is 8.65. The minimum atomic E-state index is 0.505. The lowest BCUT2D eigenvalue weighted by Crippen LogP contribution is -2.03. The summed E-state index contributed by atoms with van der Waals surface area (Å²) in [4.78, 5) is 8.76. The maximum atomic E-state index is 4.13. The predicted molar refractivity (Wildman–Crippen MR) is 48.7 cm³/mol. The van der Waals surface area contributed by atoms with E-state index in [4.69, 9.17) is 0 Å². The van der Waals surface area contributed by atoms with Gasteiger partial charge in [0.2, 0.25) is 0 Å². The van der Waals surface area contributed by atoms with Gasteiger partial charge in [0.1, 0.15) is 5.82 Å². The number of rotatable bonds is 3. The van der Waals surface area contributed by atoms with E-state index in [0.717, 1.165) is 18.7 Å². The Morgan fingerprint density at radius 1 is 1.45 bits per heavy atom. The van der Waals surface area contributed by atoms with Gasteiger partial charge in [0, 0.05) is 23.6 Å². The highest BCUT2D eigenvalue weighted by atomic mass is 79.9. The van der Waals surface area contributed by atoms with Crippen molar-refractivity contribution < 1.29 is 0 Å². The maximum absolute atomic E-state index is 4.13. The fraction of sp³-hybridized carbons (Fsp3) is 0.500. The molecule has 2 nitrogen and oxygen atoms in total. The molecule has 0 saturated heterocycles. The van der Waals surface area contributed by atoms with E-state index >= 15 is 0 Å². The van der Waals surface area contributed by atoms with Crippen molar-refractivity contribution in [1.82, 2.24) is 9.97 Å². The molecule has 0 aliphatic rings. The Balaban J connectivity index is 2.51. The molecule has 1 rings (SSSR count). The highest BCUT2D eigenvalue weighted by molar-refractivity contribution is 9.09. The minimum absolute atomic E-state index is 0.505. The van der Waals surface area contributed by atoms with Gasteiger partial charge in [-0.25, -0.2) is 9.97 Å². The Morgan fingerprint density at radius 2 is 2.09 bits per heavy atom. The van der Waals surface area contributed by atoms with Crippen LogP contribution in [0.3, 0.4) is 0 Å². The minimum Gasteiger partial charge on any atom is -0.241 e. The molecule has 1 heterocycles. The quantitative estimate of drug-likeness (QED) is 0.722. The Labute approximate surface area is 75.2 Å². The topological polar surface area (TPSA) is 25.8 Å².